The molecule has 2 rings (SSSR count). The molecule has 0 aromatic carbocycles. The number of hydrogen-bond donors (Lipinski definition) is 1. The predicted octanol–water partition coefficient (Wildman–Crippen LogP) is 0.770. The first kappa shape index (κ1) is 12.8. The number of hydrogen-bond acceptors (Lipinski definition) is 4. The molecule has 1 amide bonds. The van der Waals surface area contributed by atoms with Crippen LogP contribution < -0.4 is 10.6 Å². The molecule has 1 aliphatic rings. The van der Waals surface area contributed by atoms with E-state index in [1.165, 1.54) is 0 Å². The normalized spacial score (nSPS) is 17.7. The minimum absolute atomic E-state index is 0.0149. The van der Waals surface area contributed by atoms with E-state index in [2.05, 4.69) is 9.88 Å². The summed E-state index contributed by atoms with van der Waals surface area (Å²) in [6, 6.07) is 4.04. The van der Waals surface area contributed by atoms with Gasteiger partial charge in [-0.05, 0) is 18.6 Å². The Bertz CT molecular complexity index is 408. The first-order valence-electron chi connectivity index (χ1n) is 6.30. The molecule has 18 heavy (non-hydrogen) atoms. The fourth-order valence-corrected chi connectivity index (χ4v) is 2.10. The van der Waals surface area contributed by atoms with Crippen molar-refractivity contribution in [2.45, 2.75) is 19.9 Å². The lowest BCUT2D eigenvalue weighted by molar-refractivity contribution is -0.129. The first-order valence-corrected chi connectivity index (χ1v) is 6.30. The molecule has 0 spiro atoms. The number of piperazine rings is 1. The SMILES string of the molecule is CC(=O)N1CCN(c2ccc([C@H](C)N)cn2)CC1. The number of aromatic nitrogens is 1. The fraction of sp³-hybridized carbons (Fsp3) is 0.538. The van der Waals surface area contributed by atoms with Crippen LogP contribution in [0.5, 0.6) is 0 Å². The van der Waals surface area contributed by atoms with E-state index in [4.69, 9.17) is 5.73 Å². The lowest BCUT2D eigenvalue weighted by Gasteiger charge is -2.34. The smallest absolute Gasteiger partial charge is 0.219 e. The second kappa shape index (κ2) is 5.35. The molecule has 5 nitrogen and oxygen atoms in total. The van der Waals surface area contributed by atoms with Gasteiger partial charge in [0.1, 0.15) is 5.82 Å². The van der Waals surface area contributed by atoms with E-state index in [1.807, 2.05) is 30.2 Å². The van der Waals surface area contributed by atoms with Gasteiger partial charge in [0.15, 0.2) is 0 Å². The maximum absolute atomic E-state index is 11.2. The van der Waals surface area contributed by atoms with Crippen LogP contribution in [0.4, 0.5) is 5.82 Å². The Morgan fingerprint density at radius 2 is 2.00 bits per heavy atom. The highest BCUT2D eigenvalue weighted by atomic mass is 16.2. The van der Waals surface area contributed by atoms with Crippen LogP contribution in [0.1, 0.15) is 25.5 Å². The third kappa shape index (κ3) is 2.79. The van der Waals surface area contributed by atoms with Crippen molar-refractivity contribution in [3.05, 3.63) is 23.9 Å². The maximum Gasteiger partial charge on any atom is 0.219 e. The molecule has 1 aromatic heterocycles. The topological polar surface area (TPSA) is 62.5 Å². The summed E-state index contributed by atoms with van der Waals surface area (Å²) in [5.74, 6) is 1.11. The quantitative estimate of drug-likeness (QED) is 0.839. The van der Waals surface area contributed by atoms with Crippen molar-refractivity contribution in [3.8, 4) is 0 Å². The van der Waals surface area contributed by atoms with E-state index in [-0.39, 0.29) is 11.9 Å². The van der Waals surface area contributed by atoms with E-state index in [0.29, 0.717) is 0 Å². The average Bonchev–Trinajstić information content (AvgIpc) is 2.39. The summed E-state index contributed by atoms with van der Waals surface area (Å²) < 4.78 is 0. The summed E-state index contributed by atoms with van der Waals surface area (Å²) >= 11 is 0. The number of carbonyl (C=O) groups excluding carboxylic acids is 1. The summed E-state index contributed by atoms with van der Waals surface area (Å²) in [5, 5.41) is 0. The molecule has 1 aliphatic heterocycles. The number of rotatable bonds is 2. The van der Waals surface area contributed by atoms with Crippen LogP contribution in [-0.4, -0.2) is 42.0 Å². The first-order chi connectivity index (χ1) is 8.58. The highest BCUT2D eigenvalue weighted by Gasteiger charge is 2.19. The summed E-state index contributed by atoms with van der Waals surface area (Å²) in [6.45, 7) is 6.78. The zero-order valence-electron chi connectivity index (χ0n) is 11.0. The van der Waals surface area contributed by atoms with Gasteiger partial charge >= 0.3 is 0 Å². The molecule has 0 aliphatic carbocycles. The number of nitrogens with two attached hydrogens (primary N) is 1. The standard InChI is InChI=1S/C13H20N4O/c1-10(14)12-3-4-13(15-9-12)17-7-5-16(6-8-17)11(2)18/h3-4,9-10H,5-8,14H2,1-2H3/t10-/m0/s1. The van der Waals surface area contributed by atoms with Gasteiger partial charge in [-0.1, -0.05) is 6.07 Å². The molecule has 0 unspecified atom stereocenters. The Hall–Kier alpha value is -1.62. The third-order valence-electron chi connectivity index (χ3n) is 3.35. The maximum atomic E-state index is 11.2. The molecule has 0 saturated carbocycles. The average molecular weight is 248 g/mol. The molecule has 2 N–H and O–H groups in total. The van der Waals surface area contributed by atoms with Crippen LogP contribution in [0.2, 0.25) is 0 Å². The highest BCUT2D eigenvalue weighted by Crippen LogP contribution is 2.16. The number of pyridine rings is 1. The molecular formula is C13H20N4O. The number of anilines is 1. The van der Waals surface area contributed by atoms with E-state index in [0.717, 1.165) is 37.6 Å². The van der Waals surface area contributed by atoms with Crippen molar-refractivity contribution in [1.82, 2.24) is 9.88 Å². The van der Waals surface area contributed by atoms with E-state index < -0.39 is 0 Å². The Labute approximate surface area is 108 Å². The van der Waals surface area contributed by atoms with Crippen molar-refractivity contribution >= 4 is 11.7 Å². The van der Waals surface area contributed by atoms with Gasteiger partial charge in [-0.2, -0.15) is 0 Å². The monoisotopic (exact) mass is 248 g/mol. The van der Waals surface area contributed by atoms with Gasteiger partial charge in [-0.15, -0.1) is 0 Å². The zero-order valence-corrected chi connectivity index (χ0v) is 11.0. The molecule has 0 radical (unpaired) electrons. The van der Waals surface area contributed by atoms with E-state index >= 15 is 0 Å². The van der Waals surface area contributed by atoms with Gasteiger partial charge in [0, 0.05) is 45.3 Å². The van der Waals surface area contributed by atoms with Crippen molar-refractivity contribution in [2.75, 3.05) is 31.1 Å². The van der Waals surface area contributed by atoms with Gasteiger partial charge in [0.25, 0.3) is 0 Å². The molecule has 2 heterocycles. The minimum Gasteiger partial charge on any atom is -0.353 e. The summed E-state index contributed by atoms with van der Waals surface area (Å²) in [5.41, 5.74) is 6.84. The Kier molecular flexibility index (Phi) is 3.81. The predicted molar refractivity (Wildman–Crippen MR) is 71.3 cm³/mol. The molecule has 1 aromatic rings. The number of nitrogens with zero attached hydrogens (tertiary/aromatic N) is 3. The molecular weight excluding hydrogens is 228 g/mol. The van der Waals surface area contributed by atoms with Gasteiger partial charge in [-0.3, -0.25) is 4.79 Å². The molecule has 1 atom stereocenters. The minimum atomic E-state index is 0.0149. The zero-order chi connectivity index (χ0) is 13.1. The Morgan fingerprint density at radius 1 is 1.33 bits per heavy atom. The van der Waals surface area contributed by atoms with Crippen molar-refractivity contribution in [3.63, 3.8) is 0 Å². The van der Waals surface area contributed by atoms with E-state index in [1.54, 1.807) is 6.92 Å². The third-order valence-corrected chi connectivity index (χ3v) is 3.35. The molecule has 5 heteroatoms. The fourth-order valence-electron chi connectivity index (χ4n) is 2.10. The van der Waals surface area contributed by atoms with Crippen LogP contribution >= 0.6 is 0 Å². The Balaban J connectivity index is 1.99. The lowest BCUT2D eigenvalue weighted by atomic mass is 10.1. The van der Waals surface area contributed by atoms with Gasteiger partial charge in [-0.25, -0.2) is 4.98 Å². The Morgan fingerprint density at radius 3 is 2.44 bits per heavy atom. The van der Waals surface area contributed by atoms with Crippen LogP contribution in [0.3, 0.4) is 0 Å². The van der Waals surface area contributed by atoms with Crippen molar-refractivity contribution < 1.29 is 4.79 Å². The summed E-state index contributed by atoms with van der Waals surface area (Å²) in [6.07, 6.45) is 1.83. The largest absolute Gasteiger partial charge is 0.353 e. The second-order valence-electron chi connectivity index (χ2n) is 4.73. The number of amides is 1. The molecule has 1 fully saturated rings. The van der Waals surface area contributed by atoms with Gasteiger partial charge in [0.2, 0.25) is 5.91 Å². The molecule has 98 valence electrons. The van der Waals surface area contributed by atoms with Crippen molar-refractivity contribution in [2.24, 2.45) is 5.73 Å². The molecule has 0 bridgehead atoms. The highest BCUT2D eigenvalue weighted by molar-refractivity contribution is 5.73. The number of carbonyl (C=O) groups is 1. The van der Waals surface area contributed by atoms with E-state index in [9.17, 15) is 4.79 Å². The van der Waals surface area contributed by atoms with Crippen LogP contribution in [0, 0.1) is 0 Å². The van der Waals surface area contributed by atoms with Gasteiger partial charge < -0.3 is 15.5 Å². The molecule has 1 saturated heterocycles. The van der Waals surface area contributed by atoms with Gasteiger partial charge in [0.05, 0.1) is 0 Å². The second-order valence-corrected chi connectivity index (χ2v) is 4.73. The van der Waals surface area contributed by atoms with Crippen LogP contribution in [-0.2, 0) is 4.79 Å². The van der Waals surface area contributed by atoms with Crippen LogP contribution in [0.25, 0.3) is 0 Å². The summed E-state index contributed by atoms with van der Waals surface area (Å²) in [7, 11) is 0. The van der Waals surface area contributed by atoms with Crippen molar-refractivity contribution in [1.29, 1.82) is 0 Å². The van der Waals surface area contributed by atoms with Crippen LogP contribution in [0.15, 0.2) is 18.3 Å². The lowest BCUT2D eigenvalue weighted by Crippen LogP contribution is -2.48. The summed E-state index contributed by atoms with van der Waals surface area (Å²) in [4.78, 5) is 19.7.